The van der Waals surface area contributed by atoms with Crippen LogP contribution in [0, 0.1) is 0 Å². The van der Waals surface area contributed by atoms with Gasteiger partial charge in [-0.25, -0.2) is 0 Å². The topological polar surface area (TPSA) is 54.7 Å². The summed E-state index contributed by atoms with van der Waals surface area (Å²) in [7, 11) is 0. The number of nitrogens with zero attached hydrogens (tertiary/aromatic N) is 1. The number of hydrogen-bond acceptors (Lipinski definition) is 2. The third-order valence-corrected chi connectivity index (χ3v) is 5.37. The van der Waals surface area contributed by atoms with Gasteiger partial charge in [0, 0.05) is 22.5 Å². The molecule has 0 saturated carbocycles. The van der Waals surface area contributed by atoms with E-state index in [0.29, 0.717) is 16.6 Å². The van der Waals surface area contributed by atoms with Crippen LogP contribution in [-0.4, -0.2) is 16.5 Å². The van der Waals surface area contributed by atoms with Gasteiger partial charge >= 0.3 is 0 Å². The molecule has 4 rings (SSSR count). The Hall–Kier alpha value is -2.07. The Labute approximate surface area is 162 Å². The van der Waals surface area contributed by atoms with E-state index in [9.17, 15) is 0 Å². The Kier molecular flexibility index (Phi) is 4.86. The van der Waals surface area contributed by atoms with Crippen LogP contribution in [0.2, 0.25) is 10.0 Å². The van der Waals surface area contributed by atoms with E-state index in [1.807, 2.05) is 24.4 Å². The van der Waals surface area contributed by atoms with E-state index in [1.54, 1.807) is 0 Å². The molecular formula is C21H19Cl2N3. The summed E-state index contributed by atoms with van der Waals surface area (Å²) in [6.07, 6.45) is 4.67. The van der Waals surface area contributed by atoms with Gasteiger partial charge in [-0.1, -0.05) is 47.5 Å². The number of hydrogen-bond donors (Lipinski definition) is 2. The number of unbranched alkanes of at least 4 members (excludes halogenated alkanes) is 1. The molecule has 0 unspecified atom stereocenters. The summed E-state index contributed by atoms with van der Waals surface area (Å²) in [4.78, 5) is 8.13. The van der Waals surface area contributed by atoms with Crippen LogP contribution in [0.4, 0.5) is 0 Å². The Balaban J connectivity index is 2.00. The zero-order valence-corrected chi connectivity index (χ0v) is 15.7. The summed E-state index contributed by atoms with van der Waals surface area (Å²) >= 11 is 13.0. The van der Waals surface area contributed by atoms with E-state index < -0.39 is 0 Å². The molecule has 0 aliphatic heterocycles. The molecule has 0 aliphatic carbocycles. The van der Waals surface area contributed by atoms with Crippen molar-refractivity contribution >= 4 is 45.0 Å². The second kappa shape index (κ2) is 7.28. The van der Waals surface area contributed by atoms with E-state index in [4.69, 9.17) is 28.9 Å². The first kappa shape index (κ1) is 17.3. The molecule has 132 valence electrons. The van der Waals surface area contributed by atoms with Crippen LogP contribution < -0.4 is 5.73 Å². The number of pyridine rings is 1. The number of aromatic nitrogens is 2. The van der Waals surface area contributed by atoms with Crippen molar-refractivity contribution in [3.8, 4) is 11.3 Å². The average Bonchev–Trinajstić information content (AvgIpc) is 3.05. The van der Waals surface area contributed by atoms with Crippen LogP contribution in [0.3, 0.4) is 0 Å². The number of H-pyrrole nitrogens is 1. The molecule has 0 aliphatic rings. The smallest absolute Gasteiger partial charge is 0.0795 e. The third kappa shape index (κ3) is 2.96. The average molecular weight is 384 g/mol. The van der Waals surface area contributed by atoms with Crippen LogP contribution in [0.5, 0.6) is 0 Å². The maximum absolute atomic E-state index is 6.55. The van der Waals surface area contributed by atoms with E-state index in [2.05, 4.69) is 34.2 Å². The summed E-state index contributed by atoms with van der Waals surface area (Å²) in [5.41, 5.74) is 10.8. The lowest BCUT2D eigenvalue weighted by molar-refractivity contribution is 0.748. The number of benzene rings is 2. The van der Waals surface area contributed by atoms with Gasteiger partial charge in [0.05, 0.1) is 26.8 Å². The highest BCUT2D eigenvalue weighted by Crippen LogP contribution is 2.40. The molecular weight excluding hydrogens is 365 g/mol. The van der Waals surface area contributed by atoms with Crippen molar-refractivity contribution in [2.45, 2.75) is 19.3 Å². The standard InChI is InChI=1S/C21H19Cl2N3/c22-16-9-10-17(23)21-18(16)14(7-1-2-11-24)20(26-21)15-8-3-5-13-6-4-12-25-19(13)15/h3-6,8-10,12,26H,1-2,7,11,24H2. The van der Waals surface area contributed by atoms with Crippen molar-refractivity contribution in [2.24, 2.45) is 5.73 Å². The summed E-state index contributed by atoms with van der Waals surface area (Å²) in [6, 6.07) is 13.9. The first-order valence-electron chi connectivity index (χ1n) is 8.73. The van der Waals surface area contributed by atoms with Gasteiger partial charge in [-0.2, -0.15) is 0 Å². The van der Waals surface area contributed by atoms with E-state index in [-0.39, 0.29) is 0 Å². The van der Waals surface area contributed by atoms with E-state index in [0.717, 1.165) is 52.3 Å². The molecule has 4 aromatic rings. The molecule has 0 radical (unpaired) electrons. The van der Waals surface area contributed by atoms with E-state index >= 15 is 0 Å². The van der Waals surface area contributed by atoms with Gasteiger partial charge in [0.1, 0.15) is 0 Å². The molecule has 0 atom stereocenters. The number of rotatable bonds is 5. The lowest BCUT2D eigenvalue weighted by Gasteiger charge is -2.08. The summed E-state index contributed by atoms with van der Waals surface area (Å²) in [6.45, 7) is 0.683. The molecule has 3 nitrogen and oxygen atoms in total. The number of nitrogens with one attached hydrogen (secondary N) is 1. The number of aryl methyl sites for hydroxylation is 1. The zero-order valence-electron chi connectivity index (χ0n) is 14.2. The van der Waals surface area contributed by atoms with Gasteiger partial charge < -0.3 is 10.7 Å². The molecule has 0 bridgehead atoms. The summed E-state index contributed by atoms with van der Waals surface area (Å²) in [5, 5.41) is 3.49. The quantitative estimate of drug-likeness (QED) is 0.417. The van der Waals surface area contributed by atoms with Crippen molar-refractivity contribution in [1.82, 2.24) is 9.97 Å². The van der Waals surface area contributed by atoms with Crippen molar-refractivity contribution in [1.29, 1.82) is 0 Å². The number of nitrogens with two attached hydrogens (primary N) is 1. The van der Waals surface area contributed by atoms with Crippen LogP contribution in [0.15, 0.2) is 48.7 Å². The highest BCUT2D eigenvalue weighted by atomic mass is 35.5. The summed E-state index contributed by atoms with van der Waals surface area (Å²) in [5.74, 6) is 0. The van der Waals surface area contributed by atoms with Gasteiger partial charge in [-0.05, 0) is 49.6 Å². The normalized spacial score (nSPS) is 11.5. The highest BCUT2D eigenvalue weighted by molar-refractivity contribution is 6.40. The number of fused-ring (bicyclic) bond motifs is 2. The first-order chi connectivity index (χ1) is 12.7. The minimum Gasteiger partial charge on any atom is -0.353 e. The van der Waals surface area contributed by atoms with E-state index in [1.165, 1.54) is 5.56 Å². The lowest BCUT2D eigenvalue weighted by Crippen LogP contribution is -1.99. The molecule has 0 saturated heterocycles. The fourth-order valence-corrected chi connectivity index (χ4v) is 4.00. The largest absolute Gasteiger partial charge is 0.353 e. The first-order valence-corrected chi connectivity index (χ1v) is 9.49. The van der Waals surface area contributed by atoms with Gasteiger partial charge in [0.25, 0.3) is 0 Å². The molecule has 5 heteroatoms. The summed E-state index contributed by atoms with van der Waals surface area (Å²) < 4.78 is 0. The van der Waals surface area contributed by atoms with Crippen molar-refractivity contribution < 1.29 is 0 Å². The minimum absolute atomic E-state index is 0.670. The number of aromatic amines is 1. The Morgan fingerprint density at radius 2 is 1.77 bits per heavy atom. The predicted molar refractivity (Wildman–Crippen MR) is 111 cm³/mol. The van der Waals surface area contributed by atoms with Gasteiger partial charge in [-0.3, -0.25) is 4.98 Å². The second-order valence-electron chi connectivity index (χ2n) is 6.38. The molecule has 0 fully saturated rings. The Bertz CT molecular complexity index is 1080. The Morgan fingerprint density at radius 3 is 2.62 bits per heavy atom. The van der Waals surface area contributed by atoms with Crippen molar-refractivity contribution in [3.63, 3.8) is 0 Å². The molecule has 2 aromatic carbocycles. The fourth-order valence-electron chi connectivity index (χ4n) is 3.53. The van der Waals surface area contributed by atoms with Gasteiger partial charge in [0.15, 0.2) is 0 Å². The SMILES string of the molecule is NCCCCc1c(-c2cccc3cccnc23)[nH]c2c(Cl)ccc(Cl)c12. The van der Waals surface area contributed by atoms with Crippen LogP contribution >= 0.6 is 23.2 Å². The zero-order chi connectivity index (χ0) is 18.1. The minimum atomic E-state index is 0.670. The molecule has 2 heterocycles. The van der Waals surface area contributed by atoms with Gasteiger partial charge in [-0.15, -0.1) is 0 Å². The molecule has 2 aromatic heterocycles. The monoisotopic (exact) mass is 383 g/mol. The second-order valence-corrected chi connectivity index (χ2v) is 7.20. The van der Waals surface area contributed by atoms with Crippen molar-refractivity contribution in [2.75, 3.05) is 6.54 Å². The Morgan fingerprint density at radius 1 is 0.962 bits per heavy atom. The maximum atomic E-state index is 6.55. The molecule has 3 N–H and O–H groups in total. The van der Waals surface area contributed by atoms with Crippen LogP contribution in [0.25, 0.3) is 33.1 Å². The predicted octanol–water partition coefficient (Wildman–Crippen LogP) is 5.97. The van der Waals surface area contributed by atoms with Crippen LogP contribution in [0.1, 0.15) is 18.4 Å². The molecule has 0 spiro atoms. The molecule has 0 amide bonds. The lowest BCUT2D eigenvalue weighted by atomic mass is 9.98. The van der Waals surface area contributed by atoms with Gasteiger partial charge in [0.2, 0.25) is 0 Å². The fraction of sp³-hybridized carbons (Fsp3) is 0.190. The highest BCUT2D eigenvalue weighted by Gasteiger charge is 2.19. The molecule has 26 heavy (non-hydrogen) atoms. The van der Waals surface area contributed by atoms with Crippen LogP contribution in [-0.2, 0) is 6.42 Å². The third-order valence-electron chi connectivity index (χ3n) is 4.74. The maximum Gasteiger partial charge on any atom is 0.0795 e. The van der Waals surface area contributed by atoms with Crippen molar-refractivity contribution in [3.05, 3.63) is 64.3 Å². The number of halogens is 2. The number of para-hydroxylation sites is 1.